The number of amides is 3. The van der Waals surface area contributed by atoms with Gasteiger partial charge in [-0.15, -0.1) is 0 Å². The van der Waals surface area contributed by atoms with Crippen LogP contribution in [0.2, 0.25) is 20.1 Å². The van der Waals surface area contributed by atoms with Gasteiger partial charge in [0.15, 0.2) is 6.61 Å². The Balaban J connectivity index is 1.50. The van der Waals surface area contributed by atoms with Crippen molar-refractivity contribution in [1.82, 2.24) is 10.4 Å². The van der Waals surface area contributed by atoms with Crippen LogP contribution >= 0.6 is 46.4 Å². The highest BCUT2D eigenvalue weighted by molar-refractivity contribution is 6.42. The summed E-state index contributed by atoms with van der Waals surface area (Å²) in [5, 5.41) is 4.61. The first-order chi connectivity index (χ1) is 15.1. The number of halogens is 4. The molecule has 3 rings (SSSR count). The topological polar surface area (TPSA) is 105 Å². The van der Waals surface area contributed by atoms with Gasteiger partial charge in [-0.1, -0.05) is 46.4 Å². The maximum Gasteiger partial charge on any atom is 0.311 e. The van der Waals surface area contributed by atoms with E-state index in [1.54, 1.807) is 6.07 Å². The second kappa shape index (κ2) is 10.4. The minimum absolute atomic E-state index is 0.102. The number of benzene rings is 2. The third-order valence-corrected chi connectivity index (χ3v) is 5.71. The zero-order chi connectivity index (χ0) is 23.4. The molecule has 1 atom stereocenters. The first-order valence-corrected chi connectivity index (χ1v) is 10.6. The number of nitrogens with one attached hydrogen (secondary N) is 2. The molecule has 2 aromatic rings. The first kappa shape index (κ1) is 24.1. The molecular weight excluding hydrogens is 504 g/mol. The Kier molecular flexibility index (Phi) is 7.84. The van der Waals surface area contributed by atoms with E-state index in [1.807, 2.05) is 0 Å². The van der Waals surface area contributed by atoms with Crippen LogP contribution in [0.15, 0.2) is 36.4 Å². The second-order valence-corrected chi connectivity index (χ2v) is 8.41. The minimum atomic E-state index is -0.844. The summed E-state index contributed by atoms with van der Waals surface area (Å²) < 4.78 is 4.99. The van der Waals surface area contributed by atoms with E-state index in [9.17, 15) is 19.2 Å². The number of carbonyl (C=O) groups excluding carboxylic acids is 4. The van der Waals surface area contributed by atoms with Crippen LogP contribution < -0.4 is 10.7 Å². The third kappa shape index (κ3) is 6.04. The van der Waals surface area contributed by atoms with Crippen LogP contribution in [0.3, 0.4) is 0 Å². The van der Waals surface area contributed by atoms with E-state index in [0.29, 0.717) is 10.7 Å². The normalized spacial score (nSPS) is 15.4. The molecule has 168 valence electrons. The Bertz CT molecular complexity index is 1090. The molecule has 2 aromatic carbocycles. The van der Waals surface area contributed by atoms with E-state index in [4.69, 9.17) is 51.1 Å². The molecule has 1 aliphatic heterocycles. The zero-order valence-corrected chi connectivity index (χ0v) is 19.2. The minimum Gasteiger partial charge on any atom is -0.455 e. The van der Waals surface area contributed by atoms with Gasteiger partial charge >= 0.3 is 5.97 Å². The fourth-order valence-corrected chi connectivity index (χ4v) is 3.58. The Morgan fingerprint density at radius 1 is 1.00 bits per heavy atom. The summed E-state index contributed by atoms with van der Waals surface area (Å²) in [5.74, 6) is -3.27. The molecule has 3 amide bonds. The number of anilines is 1. The Hall–Kier alpha value is -2.52. The van der Waals surface area contributed by atoms with Gasteiger partial charge in [0.1, 0.15) is 0 Å². The number of hydrogen-bond donors (Lipinski definition) is 2. The average Bonchev–Trinajstić information content (AvgIpc) is 3.10. The van der Waals surface area contributed by atoms with Gasteiger partial charge in [0.2, 0.25) is 5.91 Å². The fraction of sp³-hybridized carbons (Fsp3) is 0.200. The Morgan fingerprint density at radius 3 is 2.44 bits per heavy atom. The van der Waals surface area contributed by atoms with Crippen LogP contribution in [-0.4, -0.2) is 41.9 Å². The molecular formula is C20H15Cl4N3O5. The maximum atomic E-state index is 12.3. The highest BCUT2D eigenvalue weighted by atomic mass is 35.5. The highest BCUT2D eigenvalue weighted by Crippen LogP contribution is 2.26. The number of hydrazine groups is 1. The van der Waals surface area contributed by atoms with E-state index in [0.717, 1.165) is 5.01 Å². The SMILES string of the molecule is O=C(COC(=O)[C@@H]1CC(=O)N(NC(=O)c2ccc(Cl)c(Cl)c2)C1)Nc1ccc(Cl)cc1Cl. The molecule has 1 heterocycles. The van der Waals surface area contributed by atoms with Crippen LogP contribution in [0.4, 0.5) is 5.69 Å². The van der Waals surface area contributed by atoms with Crippen LogP contribution in [0.1, 0.15) is 16.8 Å². The van der Waals surface area contributed by atoms with Gasteiger partial charge in [-0.3, -0.25) is 29.6 Å². The van der Waals surface area contributed by atoms with Gasteiger partial charge in [0, 0.05) is 17.0 Å². The van der Waals surface area contributed by atoms with Crippen LogP contribution in [-0.2, 0) is 19.1 Å². The van der Waals surface area contributed by atoms with Crippen molar-refractivity contribution in [3.63, 3.8) is 0 Å². The zero-order valence-electron chi connectivity index (χ0n) is 16.2. The van der Waals surface area contributed by atoms with Crippen LogP contribution in [0.5, 0.6) is 0 Å². The van der Waals surface area contributed by atoms with Gasteiger partial charge < -0.3 is 10.1 Å². The summed E-state index contributed by atoms with van der Waals surface area (Å²) in [7, 11) is 0. The van der Waals surface area contributed by atoms with Crippen molar-refractivity contribution in [2.24, 2.45) is 5.92 Å². The molecule has 0 saturated carbocycles. The largest absolute Gasteiger partial charge is 0.455 e. The number of esters is 1. The summed E-state index contributed by atoms with van der Waals surface area (Å²) in [6.45, 7) is -0.673. The van der Waals surface area contributed by atoms with Gasteiger partial charge in [-0.2, -0.15) is 0 Å². The lowest BCUT2D eigenvalue weighted by Crippen LogP contribution is -2.43. The standard InChI is InChI=1S/C20H15Cl4N3O5/c21-12-2-4-16(15(24)7-12)25-17(28)9-32-20(31)11-6-18(29)27(8-11)26-19(30)10-1-3-13(22)14(23)5-10/h1-5,7,11H,6,8-9H2,(H,25,28)(H,26,30)/t11-/m1/s1. The summed E-state index contributed by atoms with van der Waals surface area (Å²) >= 11 is 23.5. The molecule has 0 unspecified atom stereocenters. The summed E-state index contributed by atoms with van der Waals surface area (Å²) in [4.78, 5) is 48.8. The van der Waals surface area contributed by atoms with E-state index < -0.39 is 36.2 Å². The van der Waals surface area contributed by atoms with Gasteiger partial charge in [0.05, 0.1) is 33.2 Å². The summed E-state index contributed by atoms with van der Waals surface area (Å²) in [5.41, 5.74) is 2.92. The number of nitrogens with zero attached hydrogens (tertiary/aromatic N) is 1. The Labute approximate surface area is 202 Å². The van der Waals surface area contributed by atoms with Gasteiger partial charge in [0.25, 0.3) is 11.8 Å². The van der Waals surface area contributed by atoms with E-state index >= 15 is 0 Å². The lowest BCUT2D eigenvalue weighted by Gasteiger charge is -2.17. The molecule has 0 bridgehead atoms. The van der Waals surface area contributed by atoms with Crippen molar-refractivity contribution in [2.45, 2.75) is 6.42 Å². The average molecular weight is 519 g/mol. The third-order valence-electron chi connectivity index (χ3n) is 4.43. The van der Waals surface area contributed by atoms with Gasteiger partial charge in [-0.25, -0.2) is 0 Å². The molecule has 8 nitrogen and oxygen atoms in total. The molecule has 0 spiro atoms. The molecule has 0 radical (unpaired) electrons. The van der Waals surface area contributed by atoms with Crippen molar-refractivity contribution in [1.29, 1.82) is 0 Å². The lowest BCUT2D eigenvalue weighted by molar-refractivity contribution is -0.151. The number of hydrogen-bond acceptors (Lipinski definition) is 5. The highest BCUT2D eigenvalue weighted by Gasteiger charge is 2.36. The molecule has 0 aromatic heterocycles. The van der Waals surface area contributed by atoms with Crippen LogP contribution in [0, 0.1) is 5.92 Å². The molecule has 1 aliphatic rings. The first-order valence-electron chi connectivity index (χ1n) is 9.12. The predicted octanol–water partition coefficient (Wildman–Crippen LogP) is 3.98. The van der Waals surface area contributed by atoms with E-state index in [-0.39, 0.29) is 33.6 Å². The smallest absolute Gasteiger partial charge is 0.311 e. The lowest BCUT2D eigenvalue weighted by atomic mass is 10.1. The molecule has 12 heteroatoms. The van der Waals surface area contributed by atoms with E-state index in [2.05, 4.69) is 10.7 Å². The van der Waals surface area contributed by atoms with Crippen molar-refractivity contribution >= 4 is 75.8 Å². The predicted molar refractivity (Wildman–Crippen MR) is 120 cm³/mol. The maximum absolute atomic E-state index is 12.3. The molecule has 2 N–H and O–H groups in total. The molecule has 1 saturated heterocycles. The fourth-order valence-electron chi connectivity index (χ4n) is 2.83. The summed E-state index contributed by atoms with van der Waals surface area (Å²) in [6.07, 6.45) is -0.175. The van der Waals surface area contributed by atoms with Crippen molar-refractivity contribution in [2.75, 3.05) is 18.5 Å². The van der Waals surface area contributed by atoms with Crippen LogP contribution in [0.25, 0.3) is 0 Å². The summed E-state index contributed by atoms with van der Waals surface area (Å²) in [6, 6.07) is 8.76. The number of ether oxygens (including phenoxy) is 1. The molecule has 0 aliphatic carbocycles. The quantitative estimate of drug-likeness (QED) is 0.563. The van der Waals surface area contributed by atoms with Crippen molar-refractivity contribution in [3.8, 4) is 0 Å². The number of carbonyl (C=O) groups is 4. The molecule has 1 fully saturated rings. The van der Waals surface area contributed by atoms with Crippen molar-refractivity contribution in [3.05, 3.63) is 62.1 Å². The second-order valence-electron chi connectivity index (χ2n) is 6.76. The van der Waals surface area contributed by atoms with E-state index in [1.165, 1.54) is 30.3 Å². The van der Waals surface area contributed by atoms with Gasteiger partial charge in [-0.05, 0) is 36.4 Å². The monoisotopic (exact) mass is 517 g/mol. The molecule has 32 heavy (non-hydrogen) atoms. The van der Waals surface area contributed by atoms with Crippen molar-refractivity contribution < 1.29 is 23.9 Å². The Morgan fingerprint density at radius 2 is 1.75 bits per heavy atom. The number of rotatable bonds is 6.